The molecule has 0 aromatic heterocycles. The number of carbonyl (C=O) groups is 2. The van der Waals surface area contributed by atoms with Crippen molar-refractivity contribution >= 4 is 45.3 Å². The van der Waals surface area contributed by atoms with Crippen LogP contribution in [0, 0.1) is 11.3 Å². The minimum Gasteiger partial charge on any atom is -0.478 e. The molecule has 0 fully saturated rings. The van der Waals surface area contributed by atoms with Crippen LogP contribution < -0.4 is 10.2 Å². The maximum absolute atomic E-state index is 12.3. The van der Waals surface area contributed by atoms with Crippen LogP contribution in [0.3, 0.4) is 0 Å². The Bertz CT molecular complexity index is 930. The van der Waals surface area contributed by atoms with E-state index >= 15 is 0 Å². The zero-order valence-electron chi connectivity index (χ0n) is 14.2. The average molecular weight is 414 g/mol. The van der Waals surface area contributed by atoms with Crippen LogP contribution >= 0.6 is 15.9 Å². The SMILES string of the molecule is CN(C)c1ccc(/C=C(/C#N)C(=O)Nc2cccc(C(=O)O)c2)cc1Br. The maximum Gasteiger partial charge on any atom is 0.335 e. The molecule has 0 aliphatic carbocycles. The van der Waals surface area contributed by atoms with Gasteiger partial charge in [-0.1, -0.05) is 12.1 Å². The van der Waals surface area contributed by atoms with Crippen LogP contribution in [-0.4, -0.2) is 31.1 Å². The summed E-state index contributed by atoms with van der Waals surface area (Å²) in [5, 5.41) is 20.8. The molecule has 132 valence electrons. The van der Waals surface area contributed by atoms with Crippen LogP contribution in [-0.2, 0) is 4.79 Å². The molecule has 0 atom stereocenters. The van der Waals surface area contributed by atoms with Gasteiger partial charge in [0.25, 0.3) is 5.91 Å². The number of amides is 1. The lowest BCUT2D eigenvalue weighted by atomic mass is 10.1. The van der Waals surface area contributed by atoms with Crippen molar-refractivity contribution in [3.63, 3.8) is 0 Å². The molecule has 0 radical (unpaired) electrons. The molecule has 2 N–H and O–H groups in total. The minimum absolute atomic E-state index is 0.0495. The smallest absolute Gasteiger partial charge is 0.335 e. The summed E-state index contributed by atoms with van der Waals surface area (Å²) in [5.41, 5.74) is 1.92. The van der Waals surface area contributed by atoms with E-state index in [1.807, 2.05) is 37.2 Å². The third kappa shape index (κ3) is 4.71. The van der Waals surface area contributed by atoms with E-state index in [4.69, 9.17) is 5.11 Å². The molecule has 1 amide bonds. The molecular weight excluding hydrogens is 398 g/mol. The molecule has 0 saturated carbocycles. The molecule has 0 saturated heterocycles. The Hall–Kier alpha value is -3.11. The van der Waals surface area contributed by atoms with E-state index in [-0.39, 0.29) is 11.1 Å². The van der Waals surface area contributed by atoms with Crippen molar-refractivity contribution in [1.29, 1.82) is 5.26 Å². The van der Waals surface area contributed by atoms with Crippen LogP contribution in [0.5, 0.6) is 0 Å². The van der Waals surface area contributed by atoms with E-state index in [2.05, 4.69) is 21.2 Å². The van der Waals surface area contributed by atoms with Gasteiger partial charge in [-0.3, -0.25) is 4.79 Å². The third-order valence-corrected chi connectivity index (χ3v) is 4.13. The first kappa shape index (κ1) is 19.2. The van der Waals surface area contributed by atoms with Crippen LogP contribution in [0.2, 0.25) is 0 Å². The van der Waals surface area contributed by atoms with Crippen LogP contribution in [0.25, 0.3) is 6.08 Å². The maximum atomic E-state index is 12.3. The number of carboxylic acid groups (broad SMARTS) is 1. The molecule has 0 spiro atoms. The Kier molecular flexibility index (Phi) is 6.15. The van der Waals surface area contributed by atoms with E-state index in [1.165, 1.54) is 24.3 Å². The first-order chi connectivity index (χ1) is 12.3. The van der Waals surface area contributed by atoms with Gasteiger partial charge < -0.3 is 15.3 Å². The number of nitriles is 1. The summed E-state index contributed by atoms with van der Waals surface area (Å²) >= 11 is 3.46. The van der Waals surface area contributed by atoms with Crippen molar-refractivity contribution in [1.82, 2.24) is 0 Å². The molecular formula is C19H16BrN3O3. The topological polar surface area (TPSA) is 93.4 Å². The summed E-state index contributed by atoms with van der Waals surface area (Å²) in [5.74, 6) is -1.70. The normalized spacial score (nSPS) is 10.8. The number of nitrogens with zero attached hydrogens (tertiary/aromatic N) is 2. The predicted octanol–water partition coefficient (Wildman–Crippen LogP) is 3.76. The van der Waals surface area contributed by atoms with Crippen LogP contribution in [0.15, 0.2) is 52.5 Å². The zero-order chi connectivity index (χ0) is 19.3. The molecule has 0 aliphatic heterocycles. The third-order valence-electron chi connectivity index (χ3n) is 3.50. The molecule has 2 aromatic rings. The number of hydrogen-bond acceptors (Lipinski definition) is 4. The van der Waals surface area contributed by atoms with Crippen molar-refractivity contribution in [2.75, 3.05) is 24.3 Å². The van der Waals surface area contributed by atoms with Crippen molar-refractivity contribution in [3.8, 4) is 6.07 Å². The molecule has 26 heavy (non-hydrogen) atoms. The van der Waals surface area contributed by atoms with Gasteiger partial charge in [-0.2, -0.15) is 5.26 Å². The van der Waals surface area contributed by atoms with Gasteiger partial charge in [-0.25, -0.2) is 4.79 Å². The van der Waals surface area contributed by atoms with Crippen molar-refractivity contribution < 1.29 is 14.7 Å². The number of benzene rings is 2. The highest BCUT2D eigenvalue weighted by Gasteiger charge is 2.12. The van der Waals surface area contributed by atoms with Crippen molar-refractivity contribution in [2.45, 2.75) is 0 Å². The highest BCUT2D eigenvalue weighted by Crippen LogP contribution is 2.26. The van der Waals surface area contributed by atoms with Gasteiger partial charge in [0.2, 0.25) is 0 Å². The van der Waals surface area contributed by atoms with Crippen LogP contribution in [0.4, 0.5) is 11.4 Å². The van der Waals surface area contributed by atoms with Gasteiger partial charge >= 0.3 is 5.97 Å². The lowest BCUT2D eigenvalue weighted by Gasteiger charge is -2.14. The van der Waals surface area contributed by atoms with Gasteiger partial charge in [0, 0.05) is 24.3 Å². The second-order valence-electron chi connectivity index (χ2n) is 5.62. The molecule has 0 aliphatic rings. The Labute approximate surface area is 159 Å². The second kappa shape index (κ2) is 8.32. The number of carbonyl (C=O) groups excluding carboxylic acids is 1. The summed E-state index contributed by atoms with van der Waals surface area (Å²) < 4.78 is 0.836. The fourth-order valence-electron chi connectivity index (χ4n) is 2.22. The number of halogens is 1. The second-order valence-corrected chi connectivity index (χ2v) is 6.47. The van der Waals surface area contributed by atoms with E-state index in [0.717, 1.165) is 10.2 Å². The first-order valence-corrected chi connectivity index (χ1v) is 8.34. The number of carboxylic acids is 1. The van der Waals surface area contributed by atoms with E-state index < -0.39 is 11.9 Å². The molecule has 7 heteroatoms. The average Bonchev–Trinajstić information content (AvgIpc) is 2.59. The van der Waals surface area contributed by atoms with Gasteiger partial charge in [0.1, 0.15) is 11.6 Å². The van der Waals surface area contributed by atoms with Crippen molar-refractivity contribution in [2.24, 2.45) is 0 Å². The zero-order valence-corrected chi connectivity index (χ0v) is 15.7. The Morgan fingerprint density at radius 3 is 2.54 bits per heavy atom. The number of aromatic carboxylic acids is 1. The van der Waals surface area contributed by atoms with E-state index in [9.17, 15) is 14.9 Å². The summed E-state index contributed by atoms with van der Waals surface area (Å²) in [6.45, 7) is 0. The summed E-state index contributed by atoms with van der Waals surface area (Å²) in [7, 11) is 3.82. The predicted molar refractivity (Wildman–Crippen MR) is 104 cm³/mol. The lowest BCUT2D eigenvalue weighted by Crippen LogP contribution is -2.14. The van der Waals surface area contributed by atoms with Gasteiger partial charge in [0.15, 0.2) is 0 Å². The van der Waals surface area contributed by atoms with E-state index in [0.29, 0.717) is 11.3 Å². The standard InChI is InChI=1S/C19H16BrN3O3/c1-23(2)17-7-6-12(9-16(17)20)8-14(11-21)18(24)22-15-5-3-4-13(10-15)19(25)26/h3-10H,1-2H3,(H,22,24)(H,25,26)/b14-8-. The van der Waals surface area contributed by atoms with Crippen LogP contribution in [0.1, 0.15) is 15.9 Å². The minimum atomic E-state index is -1.09. The fraction of sp³-hybridized carbons (Fsp3) is 0.105. The Morgan fingerprint density at radius 1 is 1.23 bits per heavy atom. The molecule has 0 bridgehead atoms. The largest absolute Gasteiger partial charge is 0.478 e. The lowest BCUT2D eigenvalue weighted by molar-refractivity contribution is -0.112. The first-order valence-electron chi connectivity index (χ1n) is 7.55. The highest BCUT2D eigenvalue weighted by molar-refractivity contribution is 9.10. The summed E-state index contributed by atoms with van der Waals surface area (Å²) in [6, 6.07) is 13.2. The molecule has 2 rings (SSSR count). The number of nitrogens with one attached hydrogen (secondary N) is 1. The summed E-state index contributed by atoms with van der Waals surface area (Å²) in [6.07, 6.45) is 1.47. The monoisotopic (exact) mass is 413 g/mol. The van der Waals surface area contributed by atoms with Gasteiger partial charge in [0.05, 0.1) is 11.3 Å². The highest BCUT2D eigenvalue weighted by atomic mass is 79.9. The molecule has 2 aromatic carbocycles. The fourth-order valence-corrected chi connectivity index (χ4v) is 2.97. The quantitative estimate of drug-likeness (QED) is 0.574. The number of rotatable bonds is 5. The van der Waals surface area contributed by atoms with Gasteiger partial charge in [-0.05, 0) is 57.9 Å². The molecule has 0 heterocycles. The Balaban J connectivity index is 2.25. The number of anilines is 2. The molecule has 6 nitrogen and oxygen atoms in total. The molecule has 0 unspecified atom stereocenters. The Morgan fingerprint density at radius 2 is 1.96 bits per heavy atom. The summed E-state index contributed by atoms with van der Waals surface area (Å²) in [4.78, 5) is 25.2. The van der Waals surface area contributed by atoms with Gasteiger partial charge in [-0.15, -0.1) is 0 Å². The van der Waals surface area contributed by atoms with E-state index in [1.54, 1.807) is 12.1 Å². The van der Waals surface area contributed by atoms with Crippen molar-refractivity contribution in [3.05, 3.63) is 63.6 Å². The number of hydrogen-bond donors (Lipinski definition) is 2.